The zero-order valence-corrected chi connectivity index (χ0v) is 11.4. The monoisotopic (exact) mass is 258 g/mol. The van der Waals surface area contributed by atoms with E-state index >= 15 is 0 Å². The first kappa shape index (κ1) is 13.3. The van der Waals surface area contributed by atoms with E-state index in [4.69, 9.17) is 4.74 Å². The van der Waals surface area contributed by atoms with Gasteiger partial charge in [-0.15, -0.1) is 0 Å². The van der Waals surface area contributed by atoms with Crippen LogP contribution >= 0.6 is 0 Å². The molecule has 0 aliphatic rings. The molecule has 0 aliphatic carbocycles. The maximum atomic E-state index is 5.41. The molecule has 0 aromatic carbocycles. The number of hydrogen-bond acceptors (Lipinski definition) is 5. The summed E-state index contributed by atoms with van der Waals surface area (Å²) in [6, 6.07) is 7.69. The van der Waals surface area contributed by atoms with Crippen LogP contribution in [0.1, 0.15) is 31.3 Å². The van der Waals surface area contributed by atoms with Gasteiger partial charge < -0.3 is 10.1 Å². The van der Waals surface area contributed by atoms with E-state index in [0.29, 0.717) is 18.4 Å². The SMILES string of the molecule is CCOc1cc(C)nc(NC(C)c2ccccn2)n1. The molecule has 0 aliphatic heterocycles. The molecule has 0 radical (unpaired) electrons. The molecule has 0 bridgehead atoms. The average Bonchev–Trinajstić information content (AvgIpc) is 2.39. The molecule has 0 saturated heterocycles. The second kappa shape index (κ2) is 6.13. The second-order valence-electron chi connectivity index (χ2n) is 4.22. The first-order valence-corrected chi connectivity index (χ1v) is 6.35. The standard InChI is InChI=1S/C14H18N4O/c1-4-19-13-9-10(2)16-14(18-13)17-11(3)12-7-5-6-8-15-12/h5-9,11H,4H2,1-3H3,(H,16,17,18). The lowest BCUT2D eigenvalue weighted by Crippen LogP contribution is -2.11. The Hall–Kier alpha value is -2.17. The molecule has 2 aromatic heterocycles. The number of pyridine rings is 1. The summed E-state index contributed by atoms with van der Waals surface area (Å²) in [7, 11) is 0. The third-order valence-corrected chi connectivity index (χ3v) is 2.60. The highest BCUT2D eigenvalue weighted by Gasteiger charge is 2.09. The van der Waals surface area contributed by atoms with Crippen LogP contribution in [-0.4, -0.2) is 21.6 Å². The predicted octanol–water partition coefficient (Wildman–Crippen LogP) is 2.75. The smallest absolute Gasteiger partial charge is 0.226 e. The van der Waals surface area contributed by atoms with Crippen LogP contribution in [0.25, 0.3) is 0 Å². The first-order chi connectivity index (χ1) is 9.19. The van der Waals surface area contributed by atoms with Gasteiger partial charge in [-0.1, -0.05) is 6.07 Å². The first-order valence-electron chi connectivity index (χ1n) is 6.35. The van der Waals surface area contributed by atoms with E-state index in [-0.39, 0.29) is 6.04 Å². The Kier molecular flexibility index (Phi) is 4.28. The van der Waals surface area contributed by atoms with Crippen molar-refractivity contribution in [3.8, 4) is 5.88 Å². The Balaban J connectivity index is 2.14. The average molecular weight is 258 g/mol. The number of rotatable bonds is 5. The molecule has 0 amide bonds. The Labute approximate surface area is 113 Å². The molecule has 2 aromatic rings. The van der Waals surface area contributed by atoms with E-state index in [9.17, 15) is 0 Å². The molecule has 5 heteroatoms. The van der Waals surface area contributed by atoms with E-state index in [1.807, 2.05) is 45.0 Å². The summed E-state index contributed by atoms with van der Waals surface area (Å²) in [6.45, 7) is 6.46. The van der Waals surface area contributed by atoms with Gasteiger partial charge in [0.25, 0.3) is 0 Å². The van der Waals surface area contributed by atoms with Crippen molar-refractivity contribution in [1.82, 2.24) is 15.0 Å². The highest BCUT2D eigenvalue weighted by molar-refractivity contribution is 5.33. The number of aromatic nitrogens is 3. The van der Waals surface area contributed by atoms with Gasteiger partial charge in [0.1, 0.15) is 0 Å². The molecule has 1 N–H and O–H groups in total. The van der Waals surface area contributed by atoms with E-state index < -0.39 is 0 Å². The Morgan fingerprint density at radius 2 is 2.16 bits per heavy atom. The van der Waals surface area contributed by atoms with Crippen LogP contribution in [0.15, 0.2) is 30.5 Å². The third kappa shape index (κ3) is 3.64. The summed E-state index contributed by atoms with van der Waals surface area (Å²) >= 11 is 0. The van der Waals surface area contributed by atoms with Crippen molar-refractivity contribution in [1.29, 1.82) is 0 Å². The molecule has 0 saturated carbocycles. The molecular weight excluding hydrogens is 240 g/mol. The molecule has 100 valence electrons. The maximum Gasteiger partial charge on any atom is 0.226 e. The minimum atomic E-state index is 0.0393. The quantitative estimate of drug-likeness (QED) is 0.893. The Morgan fingerprint density at radius 1 is 1.32 bits per heavy atom. The highest BCUT2D eigenvalue weighted by atomic mass is 16.5. The zero-order valence-electron chi connectivity index (χ0n) is 11.4. The fourth-order valence-corrected chi connectivity index (χ4v) is 1.73. The molecule has 2 heterocycles. The van der Waals surface area contributed by atoms with Crippen molar-refractivity contribution < 1.29 is 4.74 Å². The third-order valence-electron chi connectivity index (χ3n) is 2.60. The van der Waals surface area contributed by atoms with Gasteiger partial charge in [-0.05, 0) is 32.9 Å². The molecular formula is C14H18N4O. The second-order valence-corrected chi connectivity index (χ2v) is 4.22. The van der Waals surface area contributed by atoms with Crippen LogP contribution in [0, 0.1) is 6.92 Å². The Morgan fingerprint density at radius 3 is 2.84 bits per heavy atom. The van der Waals surface area contributed by atoms with Gasteiger partial charge in [0.15, 0.2) is 0 Å². The summed E-state index contributed by atoms with van der Waals surface area (Å²) in [4.78, 5) is 13.0. The van der Waals surface area contributed by atoms with E-state index in [2.05, 4.69) is 20.3 Å². The number of nitrogens with zero attached hydrogens (tertiary/aromatic N) is 3. The summed E-state index contributed by atoms with van der Waals surface area (Å²) in [5.74, 6) is 1.15. The number of anilines is 1. The fourth-order valence-electron chi connectivity index (χ4n) is 1.73. The van der Waals surface area contributed by atoms with Crippen LogP contribution < -0.4 is 10.1 Å². The van der Waals surface area contributed by atoms with Crippen molar-refractivity contribution in [3.63, 3.8) is 0 Å². The summed E-state index contributed by atoms with van der Waals surface area (Å²) in [6.07, 6.45) is 1.77. The van der Waals surface area contributed by atoms with Crippen LogP contribution in [0.5, 0.6) is 5.88 Å². The minimum absolute atomic E-state index is 0.0393. The van der Waals surface area contributed by atoms with Crippen LogP contribution in [0.2, 0.25) is 0 Å². The van der Waals surface area contributed by atoms with Crippen molar-refractivity contribution in [2.75, 3.05) is 11.9 Å². The largest absolute Gasteiger partial charge is 0.478 e. The highest BCUT2D eigenvalue weighted by Crippen LogP contribution is 2.17. The topological polar surface area (TPSA) is 59.9 Å². The number of nitrogens with one attached hydrogen (secondary N) is 1. The van der Waals surface area contributed by atoms with Crippen LogP contribution in [-0.2, 0) is 0 Å². The van der Waals surface area contributed by atoms with Gasteiger partial charge in [0.2, 0.25) is 11.8 Å². The summed E-state index contributed by atoms with van der Waals surface area (Å²) in [5.41, 5.74) is 1.82. The van der Waals surface area contributed by atoms with Crippen molar-refractivity contribution in [2.45, 2.75) is 26.8 Å². The van der Waals surface area contributed by atoms with E-state index in [1.54, 1.807) is 6.20 Å². The van der Waals surface area contributed by atoms with E-state index in [0.717, 1.165) is 11.4 Å². The minimum Gasteiger partial charge on any atom is -0.478 e. The summed E-state index contributed by atoms with van der Waals surface area (Å²) < 4.78 is 5.41. The molecule has 5 nitrogen and oxygen atoms in total. The predicted molar refractivity (Wildman–Crippen MR) is 74.2 cm³/mol. The molecule has 1 atom stereocenters. The molecule has 1 unspecified atom stereocenters. The van der Waals surface area contributed by atoms with Gasteiger partial charge in [0.05, 0.1) is 18.3 Å². The van der Waals surface area contributed by atoms with Crippen molar-refractivity contribution in [2.24, 2.45) is 0 Å². The van der Waals surface area contributed by atoms with E-state index in [1.165, 1.54) is 0 Å². The zero-order chi connectivity index (χ0) is 13.7. The van der Waals surface area contributed by atoms with Gasteiger partial charge in [-0.3, -0.25) is 4.98 Å². The molecule has 0 spiro atoms. The molecule has 2 rings (SSSR count). The fraction of sp³-hybridized carbons (Fsp3) is 0.357. The van der Waals surface area contributed by atoms with Gasteiger partial charge in [0, 0.05) is 18.0 Å². The lowest BCUT2D eigenvalue weighted by molar-refractivity contribution is 0.326. The Bertz CT molecular complexity index is 530. The normalized spacial score (nSPS) is 11.9. The van der Waals surface area contributed by atoms with Gasteiger partial charge in [-0.25, -0.2) is 4.98 Å². The van der Waals surface area contributed by atoms with Crippen LogP contribution in [0.3, 0.4) is 0 Å². The van der Waals surface area contributed by atoms with Gasteiger partial charge >= 0.3 is 0 Å². The van der Waals surface area contributed by atoms with Crippen molar-refractivity contribution >= 4 is 5.95 Å². The summed E-state index contributed by atoms with van der Waals surface area (Å²) in [5, 5.41) is 3.23. The maximum absolute atomic E-state index is 5.41. The number of aryl methyl sites for hydroxylation is 1. The van der Waals surface area contributed by atoms with Crippen LogP contribution in [0.4, 0.5) is 5.95 Å². The van der Waals surface area contributed by atoms with Gasteiger partial charge in [-0.2, -0.15) is 4.98 Å². The lowest BCUT2D eigenvalue weighted by Gasteiger charge is -2.14. The van der Waals surface area contributed by atoms with Crippen molar-refractivity contribution in [3.05, 3.63) is 41.9 Å². The molecule has 19 heavy (non-hydrogen) atoms. The lowest BCUT2D eigenvalue weighted by atomic mass is 10.2. The number of ether oxygens (including phenoxy) is 1. The molecule has 0 fully saturated rings. The number of hydrogen-bond donors (Lipinski definition) is 1.